The first-order valence-corrected chi connectivity index (χ1v) is 7.39. The van der Waals surface area contributed by atoms with Crippen LogP contribution in [0.3, 0.4) is 0 Å². The second-order valence-corrected chi connectivity index (χ2v) is 5.66. The number of hydrogen-bond acceptors (Lipinski definition) is 2. The Morgan fingerprint density at radius 2 is 2.26 bits per heavy atom. The highest BCUT2D eigenvalue weighted by molar-refractivity contribution is 6.18. The maximum Gasteiger partial charge on any atom is 0.0710 e. The van der Waals surface area contributed by atoms with Crippen LogP contribution in [0.1, 0.15) is 19.0 Å². The molecule has 0 aliphatic carbocycles. The molecule has 0 saturated carbocycles. The van der Waals surface area contributed by atoms with E-state index in [0.717, 1.165) is 38.3 Å². The van der Waals surface area contributed by atoms with Crippen molar-refractivity contribution >= 4 is 22.5 Å². The molecule has 3 nitrogen and oxygen atoms in total. The Morgan fingerprint density at radius 1 is 1.42 bits per heavy atom. The molecule has 2 aromatic rings. The molecule has 0 radical (unpaired) electrons. The Kier molecular flexibility index (Phi) is 3.50. The van der Waals surface area contributed by atoms with Gasteiger partial charge in [-0.2, -0.15) is 5.10 Å². The number of aryl methyl sites for hydroxylation is 1. The van der Waals surface area contributed by atoms with E-state index in [4.69, 9.17) is 21.4 Å². The molecular formula is C15H19ClN2O. The zero-order valence-electron chi connectivity index (χ0n) is 11.2. The van der Waals surface area contributed by atoms with E-state index in [1.165, 1.54) is 10.9 Å². The largest absolute Gasteiger partial charge is 0.381 e. The van der Waals surface area contributed by atoms with Gasteiger partial charge in [0.2, 0.25) is 0 Å². The van der Waals surface area contributed by atoms with Crippen molar-refractivity contribution in [2.24, 2.45) is 5.41 Å². The lowest BCUT2D eigenvalue weighted by molar-refractivity contribution is 0.160. The number of para-hydroxylation sites is 1. The van der Waals surface area contributed by atoms with Gasteiger partial charge in [0.25, 0.3) is 0 Å². The lowest BCUT2D eigenvalue weighted by atomic mass is 9.84. The van der Waals surface area contributed by atoms with Gasteiger partial charge in [-0.3, -0.25) is 4.68 Å². The van der Waals surface area contributed by atoms with Gasteiger partial charge in [-0.15, -0.1) is 11.6 Å². The highest BCUT2D eigenvalue weighted by atomic mass is 35.5. The molecule has 1 aliphatic heterocycles. The van der Waals surface area contributed by atoms with E-state index in [1.54, 1.807) is 0 Å². The molecule has 4 heteroatoms. The van der Waals surface area contributed by atoms with Crippen LogP contribution in [0.2, 0.25) is 0 Å². The van der Waals surface area contributed by atoms with Crippen LogP contribution in [0.4, 0.5) is 0 Å². The zero-order valence-corrected chi connectivity index (χ0v) is 12.0. The molecule has 1 fully saturated rings. The van der Waals surface area contributed by atoms with Crippen molar-refractivity contribution in [1.82, 2.24) is 9.78 Å². The minimum absolute atomic E-state index is 0.0667. The van der Waals surface area contributed by atoms with E-state index in [2.05, 4.69) is 35.9 Å². The van der Waals surface area contributed by atoms with Gasteiger partial charge in [0.15, 0.2) is 0 Å². The third kappa shape index (κ3) is 2.26. The number of halogens is 1. The van der Waals surface area contributed by atoms with Crippen LogP contribution in [0.5, 0.6) is 0 Å². The summed E-state index contributed by atoms with van der Waals surface area (Å²) in [5.74, 6) is 0.639. The van der Waals surface area contributed by atoms with Gasteiger partial charge in [-0.25, -0.2) is 0 Å². The minimum Gasteiger partial charge on any atom is -0.381 e. The molecule has 1 aliphatic rings. The monoisotopic (exact) mass is 278 g/mol. The van der Waals surface area contributed by atoms with Crippen molar-refractivity contribution < 1.29 is 4.74 Å². The van der Waals surface area contributed by atoms with E-state index in [-0.39, 0.29) is 5.41 Å². The van der Waals surface area contributed by atoms with Crippen molar-refractivity contribution in [3.8, 4) is 0 Å². The topological polar surface area (TPSA) is 27.1 Å². The fourth-order valence-electron chi connectivity index (χ4n) is 2.86. The standard InChI is InChI=1S/C15H19ClN2O/c1-2-18-14-6-4-3-5-12(14)13(17-18)9-15(10-16)7-8-19-11-15/h3-6H,2,7-11H2,1H3. The number of hydrogen-bond donors (Lipinski definition) is 0. The average molecular weight is 279 g/mol. The molecule has 1 unspecified atom stereocenters. The normalized spacial score (nSPS) is 23.3. The SMILES string of the molecule is CCn1nc(CC2(CCl)CCOC2)c2ccccc21. The first-order valence-electron chi connectivity index (χ1n) is 6.86. The van der Waals surface area contributed by atoms with Gasteiger partial charge < -0.3 is 4.74 Å². The van der Waals surface area contributed by atoms with Gasteiger partial charge in [-0.05, 0) is 19.4 Å². The molecule has 2 heterocycles. The Morgan fingerprint density at radius 3 is 2.95 bits per heavy atom. The quantitative estimate of drug-likeness (QED) is 0.803. The van der Waals surface area contributed by atoms with E-state index < -0.39 is 0 Å². The summed E-state index contributed by atoms with van der Waals surface area (Å²) in [6.07, 6.45) is 1.94. The van der Waals surface area contributed by atoms with Crippen LogP contribution in [0.25, 0.3) is 10.9 Å². The van der Waals surface area contributed by atoms with E-state index >= 15 is 0 Å². The Bertz CT molecular complexity index is 573. The number of aromatic nitrogens is 2. The van der Waals surface area contributed by atoms with E-state index in [0.29, 0.717) is 5.88 Å². The summed E-state index contributed by atoms with van der Waals surface area (Å²) in [5.41, 5.74) is 2.43. The first kappa shape index (κ1) is 12.9. The number of alkyl halides is 1. The van der Waals surface area contributed by atoms with Crippen LogP contribution in [-0.2, 0) is 17.7 Å². The van der Waals surface area contributed by atoms with Crippen LogP contribution >= 0.6 is 11.6 Å². The second-order valence-electron chi connectivity index (χ2n) is 5.39. The van der Waals surface area contributed by atoms with Crippen molar-refractivity contribution in [3.63, 3.8) is 0 Å². The van der Waals surface area contributed by atoms with Gasteiger partial charge >= 0.3 is 0 Å². The maximum atomic E-state index is 6.19. The molecular weight excluding hydrogens is 260 g/mol. The number of nitrogens with zero attached hydrogens (tertiary/aromatic N) is 2. The number of fused-ring (bicyclic) bond motifs is 1. The summed E-state index contributed by atoms with van der Waals surface area (Å²) < 4.78 is 7.62. The molecule has 1 aromatic heterocycles. The molecule has 0 bridgehead atoms. The predicted octanol–water partition coefficient (Wildman–Crippen LogP) is 3.24. The van der Waals surface area contributed by atoms with Crippen molar-refractivity contribution in [1.29, 1.82) is 0 Å². The van der Waals surface area contributed by atoms with Crippen molar-refractivity contribution in [2.45, 2.75) is 26.3 Å². The molecule has 19 heavy (non-hydrogen) atoms. The summed E-state index contributed by atoms with van der Waals surface area (Å²) >= 11 is 6.19. The first-order chi connectivity index (χ1) is 9.28. The fraction of sp³-hybridized carbons (Fsp3) is 0.533. The lowest BCUT2D eigenvalue weighted by Gasteiger charge is -2.23. The third-order valence-electron chi connectivity index (χ3n) is 4.04. The molecule has 0 N–H and O–H groups in total. The molecule has 1 saturated heterocycles. The highest BCUT2D eigenvalue weighted by Gasteiger charge is 2.35. The third-order valence-corrected chi connectivity index (χ3v) is 4.61. The number of rotatable bonds is 4. The summed E-state index contributed by atoms with van der Waals surface area (Å²) in [4.78, 5) is 0. The van der Waals surface area contributed by atoms with Crippen molar-refractivity contribution in [2.75, 3.05) is 19.1 Å². The summed E-state index contributed by atoms with van der Waals surface area (Å²) in [6.45, 7) is 4.59. The Balaban J connectivity index is 2.01. The van der Waals surface area contributed by atoms with Crippen LogP contribution in [0, 0.1) is 5.41 Å². The fourth-order valence-corrected chi connectivity index (χ4v) is 3.17. The smallest absolute Gasteiger partial charge is 0.0710 e. The number of benzene rings is 1. The zero-order chi connectivity index (χ0) is 13.3. The predicted molar refractivity (Wildman–Crippen MR) is 77.7 cm³/mol. The van der Waals surface area contributed by atoms with Gasteiger partial charge in [0, 0.05) is 36.3 Å². The summed E-state index contributed by atoms with van der Waals surface area (Å²) in [6, 6.07) is 8.43. The maximum absolute atomic E-state index is 6.19. The van der Waals surface area contributed by atoms with Crippen LogP contribution < -0.4 is 0 Å². The van der Waals surface area contributed by atoms with Crippen molar-refractivity contribution in [3.05, 3.63) is 30.0 Å². The summed E-state index contributed by atoms with van der Waals surface area (Å²) in [5, 5.41) is 6.02. The highest BCUT2D eigenvalue weighted by Crippen LogP contribution is 2.35. The van der Waals surface area contributed by atoms with Crippen LogP contribution in [-0.4, -0.2) is 28.9 Å². The van der Waals surface area contributed by atoms with Crippen LogP contribution in [0.15, 0.2) is 24.3 Å². The van der Waals surface area contributed by atoms with E-state index in [9.17, 15) is 0 Å². The van der Waals surface area contributed by atoms with Gasteiger partial charge in [0.05, 0.1) is 17.8 Å². The average Bonchev–Trinajstić information content (AvgIpc) is 3.05. The van der Waals surface area contributed by atoms with Gasteiger partial charge in [-0.1, -0.05) is 18.2 Å². The molecule has 0 amide bonds. The molecule has 1 atom stereocenters. The minimum atomic E-state index is 0.0667. The number of ether oxygens (including phenoxy) is 1. The Labute approximate surface area is 118 Å². The molecule has 102 valence electrons. The van der Waals surface area contributed by atoms with E-state index in [1.807, 2.05) is 0 Å². The molecule has 1 aromatic carbocycles. The molecule has 0 spiro atoms. The lowest BCUT2D eigenvalue weighted by Crippen LogP contribution is -2.26. The Hall–Kier alpha value is -1.06. The van der Waals surface area contributed by atoms with Gasteiger partial charge in [0.1, 0.15) is 0 Å². The molecule has 3 rings (SSSR count). The second kappa shape index (κ2) is 5.14. The summed E-state index contributed by atoms with van der Waals surface area (Å²) in [7, 11) is 0.